The summed E-state index contributed by atoms with van der Waals surface area (Å²) in [7, 11) is 0. The lowest BCUT2D eigenvalue weighted by atomic mass is 10.9. The summed E-state index contributed by atoms with van der Waals surface area (Å²) in [4.78, 5) is 0. The van der Waals surface area contributed by atoms with Gasteiger partial charge in [0, 0.05) is 0 Å². The summed E-state index contributed by atoms with van der Waals surface area (Å²) in [6.45, 7) is 1.21. The van der Waals surface area contributed by atoms with Crippen LogP contribution < -0.4 is 11.5 Å². The molecule has 0 bridgehead atoms. The molecular formula is C3H9FN2S. The Bertz CT molecular complexity index is 44.2. The Morgan fingerprint density at radius 2 is 1.71 bits per heavy atom. The average molecular weight is 124 g/mol. The first kappa shape index (κ1) is 9.80. The van der Waals surface area contributed by atoms with E-state index in [-0.39, 0.29) is 11.8 Å². The molecule has 0 aromatic heterocycles. The predicted octanol–water partition coefficient (Wildman–Crippen LogP) is 0.165. The van der Waals surface area contributed by atoms with Crippen LogP contribution in [0.2, 0.25) is 0 Å². The monoisotopic (exact) mass is 124 g/mol. The molecule has 0 fully saturated rings. The molecule has 0 saturated carbocycles. The van der Waals surface area contributed by atoms with Crippen LogP contribution in [0.3, 0.4) is 0 Å². The van der Waals surface area contributed by atoms with E-state index in [2.05, 4.69) is 23.7 Å². The van der Waals surface area contributed by atoms with Gasteiger partial charge in [-0.05, 0) is 19.1 Å². The SMILES string of the molecule is CCF.NC(N)=S. The van der Waals surface area contributed by atoms with Gasteiger partial charge < -0.3 is 11.5 Å². The molecule has 4 N–H and O–H groups in total. The second kappa shape index (κ2) is 9.15. The number of hydrogen-bond donors (Lipinski definition) is 2. The maximum Gasteiger partial charge on any atom is 0.160 e. The predicted molar refractivity (Wildman–Crippen MR) is 32.6 cm³/mol. The maximum atomic E-state index is 10.3. The van der Waals surface area contributed by atoms with Crippen LogP contribution in [0.4, 0.5) is 4.39 Å². The van der Waals surface area contributed by atoms with Crippen molar-refractivity contribution >= 4 is 17.3 Å². The van der Waals surface area contributed by atoms with E-state index in [9.17, 15) is 4.39 Å². The minimum absolute atomic E-state index is 0.000000000000000222. The van der Waals surface area contributed by atoms with Gasteiger partial charge in [-0.2, -0.15) is 0 Å². The van der Waals surface area contributed by atoms with Gasteiger partial charge in [0.05, 0.1) is 6.67 Å². The summed E-state index contributed by atoms with van der Waals surface area (Å²) < 4.78 is 10.3. The number of rotatable bonds is 0. The molecule has 0 spiro atoms. The van der Waals surface area contributed by atoms with Crippen LogP contribution in [-0.4, -0.2) is 11.8 Å². The van der Waals surface area contributed by atoms with E-state index in [1.165, 1.54) is 6.92 Å². The molecule has 0 atom stereocenters. The van der Waals surface area contributed by atoms with Gasteiger partial charge in [0.2, 0.25) is 0 Å². The van der Waals surface area contributed by atoms with Crippen LogP contribution in [0.25, 0.3) is 0 Å². The second-order valence-electron chi connectivity index (χ2n) is 0.670. The Kier molecular flexibility index (Phi) is 12.8. The number of alkyl halides is 1. The molecular weight excluding hydrogens is 115 g/mol. The van der Waals surface area contributed by atoms with E-state index >= 15 is 0 Å². The Morgan fingerprint density at radius 1 is 1.71 bits per heavy atom. The molecule has 0 aliphatic carbocycles. The first-order chi connectivity index (χ1) is 3.15. The lowest BCUT2D eigenvalue weighted by Gasteiger charge is -1.68. The molecule has 0 aliphatic heterocycles. The van der Waals surface area contributed by atoms with Crippen molar-refractivity contribution in [3.63, 3.8) is 0 Å². The number of thiocarbonyl (C=S) groups is 1. The van der Waals surface area contributed by atoms with E-state index in [0.717, 1.165) is 0 Å². The van der Waals surface area contributed by atoms with E-state index in [0.29, 0.717) is 0 Å². The van der Waals surface area contributed by atoms with Gasteiger partial charge in [-0.1, -0.05) is 0 Å². The van der Waals surface area contributed by atoms with Gasteiger partial charge in [-0.25, -0.2) is 0 Å². The highest BCUT2D eigenvalue weighted by molar-refractivity contribution is 7.80. The van der Waals surface area contributed by atoms with Crippen LogP contribution in [0.1, 0.15) is 6.92 Å². The minimum atomic E-state index is -0.250. The average Bonchev–Trinajstić information content (AvgIpc) is 1.33. The standard InChI is InChI=1S/C2H5F.CH4N2S/c1-2-3;2-1(3)4/h2H2,1H3;(H4,2,3,4). The Balaban J connectivity index is 0. The summed E-state index contributed by atoms with van der Waals surface area (Å²) in [6.07, 6.45) is 0. The molecule has 7 heavy (non-hydrogen) atoms. The zero-order valence-corrected chi connectivity index (χ0v) is 4.96. The maximum absolute atomic E-state index is 10.3. The zero-order chi connectivity index (χ0) is 6.28. The van der Waals surface area contributed by atoms with Gasteiger partial charge in [-0.3, -0.25) is 4.39 Å². The fourth-order valence-electron chi connectivity index (χ4n) is 0. The topological polar surface area (TPSA) is 52.0 Å². The van der Waals surface area contributed by atoms with Crippen molar-refractivity contribution in [1.82, 2.24) is 0 Å². The number of halogens is 1. The highest BCUT2D eigenvalue weighted by Crippen LogP contribution is 1.48. The molecule has 0 amide bonds. The normalized spacial score (nSPS) is 6.00. The van der Waals surface area contributed by atoms with Gasteiger partial charge in [0.15, 0.2) is 5.11 Å². The largest absolute Gasteiger partial charge is 0.377 e. The Morgan fingerprint density at radius 3 is 1.71 bits per heavy atom. The van der Waals surface area contributed by atoms with Crippen molar-refractivity contribution in [2.24, 2.45) is 11.5 Å². The van der Waals surface area contributed by atoms with Gasteiger partial charge in [0.25, 0.3) is 0 Å². The first-order valence-electron chi connectivity index (χ1n) is 1.76. The van der Waals surface area contributed by atoms with Gasteiger partial charge in [0.1, 0.15) is 0 Å². The van der Waals surface area contributed by atoms with Crippen LogP contribution in [0.15, 0.2) is 0 Å². The third-order valence-corrected chi connectivity index (χ3v) is 0. The van der Waals surface area contributed by atoms with Crippen molar-refractivity contribution in [3.05, 3.63) is 0 Å². The summed E-state index contributed by atoms with van der Waals surface area (Å²) in [5, 5.41) is 0.000000000000000222. The molecule has 0 heterocycles. The smallest absolute Gasteiger partial charge is 0.160 e. The van der Waals surface area contributed by atoms with Crippen molar-refractivity contribution in [1.29, 1.82) is 0 Å². The van der Waals surface area contributed by atoms with Crippen LogP contribution in [0, 0.1) is 0 Å². The highest BCUT2D eigenvalue weighted by atomic mass is 32.1. The highest BCUT2D eigenvalue weighted by Gasteiger charge is 1.53. The number of nitrogens with two attached hydrogens (primary N) is 2. The quantitative estimate of drug-likeness (QED) is 0.452. The molecule has 0 rings (SSSR count). The summed E-state index contributed by atoms with van der Waals surface area (Å²) in [6, 6.07) is 0. The molecule has 0 aromatic carbocycles. The summed E-state index contributed by atoms with van der Waals surface area (Å²) in [5.74, 6) is 0. The zero-order valence-electron chi connectivity index (χ0n) is 4.15. The fourth-order valence-corrected chi connectivity index (χ4v) is 0. The molecule has 0 aromatic rings. The fraction of sp³-hybridized carbons (Fsp3) is 0.667. The van der Waals surface area contributed by atoms with Crippen LogP contribution >= 0.6 is 12.2 Å². The van der Waals surface area contributed by atoms with Crippen LogP contribution in [0.5, 0.6) is 0 Å². The third kappa shape index (κ3) is 510. The van der Waals surface area contributed by atoms with Crippen molar-refractivity contribution in [3.8, 4) is 0 Å². The van der Waals surface area contributed by atoms with Crippen molar-refractivity contribution in [2.45, 2.75) is 6.92 Å². The van der Waals surface area contributed by atoms with Crippen LogP contribution in [-0.2, 0) is 0 Å². The van der Waals surface area contributed by atoms with Gasteiger partial charge in [-0.15, -0.1) is 0 Å². The van der Waals surface area contributed by atoms with E-state index in [4.69, 9.17) is 0 Å². The molecule has 4 heteroatoms. The third-order valence-electron chi connectivity index (χ3n) is 0. The summed E-state index contributed by atoms with van der Waals surface area (Å²) in [5.41, 5.74) is 9.24. The lowest BCUT2D eigenvalue weighted by molar-refractivity contribution is 0.527. The Labute approximate surface area is 47.7 Å². The van der Waals surface area contributed by atoms with Gasteiger partial charge >= 0.3 is 0 Å². The van der Waals surface area contributed by atoms with Crippen molar-refractivity contribution in [2.75, 3.05) is 6.67 Å². The summed E-state index contributed by atoms with van der Waals surface area (Å²) >= 11 is 4.09. The minimum Gasteiger partial charge on any atom is -0.377 e. The molecule has 0 saturated heterocycles. The van der Waals surface area contributed by atoms with Crippen molar-refractivity contribution < 1.29 is 4.39 Å². The second-order valence-corrected chi connectivity index (χ2v) is 1.14. The van der Waals surface area contributed by atoms with E-state index < -0.39 is 0 Å². The van der Waals surface area contributed by atoms with E-state index in [1.807, 2.05) is 0 Å². The lowest BCUT2D eigenvalue weighted by Crippen LogP contribution is -2.18. The molecule has 0 unspecified atom stereocenters. The first-order valence-corrected chi connectivity index (χ1v) is 2.16. The number of hydrogen-bond acceptors (Lipinski definition) is 1. The molecule has 2 nitrogen and oxygen atoms in total. The molecule has 44 valence electrons. The Hall–Kier alpha value is -0.380. The molecule has 0 radical (unpaired) electrons. The molecule has 0 aliphatic rings. The van der Waals surface area contributed by atoms with E-state index in [1.54, 1.807) is 0 Å².